The number of alkyl halides is 3. The van der Waals surface area contributed by atoms with Crippen molar-refractivity contribution in [2.45, 2.75) is 10.4 Å². The van der Waals surface area contributed by atoms with Crippen LogP contribution in [0.4, 0.5) is 13.2 Å². The molecule has 0 saturated carbocycles. The molecule has 2 nitrogen and oxygen atoms in total. The molecule has 0 unspecified atom stereocenters. The molecule has 0 radical (unpaired) electrons. The Morgan fingerprint density at radius 1 is 0.818 bits per heavy atom. The summed E-state index contributed by atoms with van der Waals surface area (Å²) in [7, 11) is -3.15. The van der Waals surface area contributed by atoms with E-state index in [1.807, 2.05) is 0 Å². The number of hydrogen-bond donors (Lipinski definition) is 0. The van der Waals surface area contributed by atoms with Crippen molar-refractivity contribution in [3.05, 3.63) is 64.8 Å². The van der Waals surface area contributed by atoms with Gasteiger partial charge in [0, 0.05) is 15.7 Å². The van der Waals surface area contributed by atoms with Crippen molar-refractivity contribution in [1.82, 2.24) is 0 Å². The second-order valence-electron chi connectivity index (χ2n) is 4.71. The standard InChI is InChI=1S/C16H9F3O2S/c17-16(18,19)22(21)12-8-7-11-6-5-10-3-1-2-4-13(10)15(20)14(11)9-12/h1-9H/t22-/m0/s1. The van der Waals surface area contributed by atoms with Gasteiger partial charge >= 0.3 is 5.51 Å². The SMILES string of the molecule is O=c1c2ccccc2ccc2ccc([S@](=O)C(F)(F)F)cc12. The maximum absolute atomic E-state index is 12.6. The Hall–Kier alpha value is -2.21. The average Bonchev–Trinajstić information content (AvgIpc) is 2.63. The summed E-state index contributed by atoms with van der Waals surface area (Å²) in [5.74, 6) is 0. The van der Waals surface area contributed by atoms with E-state index in [-0.39, 0.29) is 10.8 Å². The van der Waals surface area contributed by atoms with Crippen LogP contribution in [0.3, 0.4) is 0 Å². The molecule has 0 N–H and O–H groups in total. The second-order valence-corrected chi connectivity index (χ2v) is 6.19. The first-order valence-electron chi connectivity index (χ1n) is 6.32. The first kappa shape index (κ1) is 14.7. The van der Waals surface area contributed by atoms with E-state index in [1.165, 1.54) is 6.07 Å². The highest BCUT2D eigenvalue weighted by atomic mass is 32.2. The Morgan fingerprint density at radius 2 is 1.41 bits per heavy atom. The number of hydrogen-bond acceptors (Lipinski definition) is 2. The average molecular weight is 322 g/mol. The van der Waals surface area contributed by atoms with Gasteiger partial charge in [-0.15, -0.1) is 0 Å². The molecule has 6 heteroatoms. The summed E-state index contributed by atoms with van der Waals surface area (Å²) in [4.78, 5) is 12.1. The lowest BCUT2D eigenvalue weighted by atomic mass is 10.1. The molecular formula is C16H9F3O2S. The van der Waals surface area contributed by atoms with Gasteiger partial charge in [-0.25, -0.2) is 4.21 Å². The fourth-order valence-electron chi connectivity index (χ4n) is 2.30. The Labute approximate surface area is 125 Å². The zero-order valence-corrected chi connectivity index (χ0v) is 11.9. The van der Waals surface area contributed by atoms with Gasteiger partial charge < -0.3 is 0 Å². The zero-order valence-electron chi connectivity index (χ0n) is 11.1. The number of fused-ring (bicyclic) bond motifs is 2. The minimum Gasteiger partial charge on any atom is -0.289 e. The summed E-state index contributed by atoms with van der Waals surface area (Å²) in [6, 6.07) is 13.8. The second kappa shape index (κ2) is 5.21. The van der Waals surface area contributed by atoms with Crippen LogP contribution < -0.4 is 5.43 Å². The summed E-state index contributed by atoms with van der Waals surface area (Å²) in [5.41, 5.74) is -5.23. The Balaban J connectivity index is 2.37. The molecule has 0 spiro atoms. The normalized spacial score (nSPS) is 13.4. The molecule has 0 aromatic heterocycles. The molecule has 0 heterocycles. The zero-order chi connectivity index (χ0) is 15.9. The van der Waals surface area contributed by atoms with Gasteiger partial charge in [0.05, 0.1) is 0 Å². The lowest BCUT2D eigenvalue weighted by molar-refractivity contribution is -0.0384. The van der Waals surface area contributed by atoms with Crippen LogP contribution >= 0.6 is 0 Å². The van der Waals surface area contributed by atoms with Crippen molar-refractivity contribution >= 4 is 32.3 Å². The molecular weight excluding hydrogens is 313 g/mol. The van der Waals surface area contributed by atoms with E-state index >= 15 is 0 Å². The van der Waals surface area contributed by atoms with Crippen molar-refractivity contribution < 1.29 is 17.4 Å². The third-order valence-corrected chi connectivity index (χ3v) is 4.44. The summed E-state index contributed by atoms with van der Waals surface area (Å²) in [6.45, 7) is 0. The molecule has 22 heavy (non-hydrogen) atoms. The fourth-order valence-corrected chi connectivity index (χ4v) is 2.98. The molecule has 0 amide bonds. The predicted octanol–water partition coefficient (Wildman–Crippen LogP) is 3.98. The first-order valence-corrected chi connectivity index (χ1v) is 7.47. The monoisotopic (exact) mass is 322 g/mol. The molecule has 112 valence electrons. The molecule has 3 aromatic rings. The molecule has 3 rings (SSSR count). The maximum atomic E-state index is 12.6. The van der Waals surface area contributed by atoms with Crippen molar-refractivity contribution in [2.24, 2.45) is 0 Å². The van der Waals surface area contributed by atoms with E-state index in [2.05, 4.69) is 0 Å². The summed E-state index contributed by atoms with van der Waals surface area (Å²) in [5, 5.41) is 1.73. The summed E-state index contributed by atoms with van der Waals surface area (Å²) in [6.07, 6.45) is 0. The molecule has 0 aliphatic heterocycles. The number of halogens is 3. The van der Waals surface area contributed by atoms with Crippen molar-refractivity contribution in [3.63, 3.8) is 0 Å². The largest absolute Gasteiger partial charge is 0.475 e. The van der Waals surface area contributed by atoms with E-state index in [4.69, 9.17) is 0 Å². The molecule has 0 fully saturated rings. The lowest BCUT2D eigenvalue weighted by Gasteiger charge is -2.06. The van der Waals surface area contributed by atoms with E-state index in [0.717, 1.165) is 12.1 Å². The smallest absolute Gasteiger partial charge is 0.289 e. The lowest BCUT2D eigenvalue weighted by Crippen LogP contribution is -2.16. The highest BCUT2D eigenvalue weighted by Gasteiger charge is 2.38. The molecule has 0 saturated heterocycles. The van der Waals surface area contributed by atoms with Gasteiger partial charge in [-0.2, -0.15) is 13.2 Å². The number of rotatable bonds is 1. The Bertz CT molecular complexity index is 965. The van der Waals surface area contributed by atoms with Crippen LogP contribution in [0.15, 0.2) is 64.3 Å². The fraction of sp³-hybridized carbons (Fsp3) is 0.0625. The third kappa shape index (κ3) is 2.50. The van der Waals surface area contributed by atoms with Crippen molar-refractivity contribution in [3.8, 4) is 0 Å². The summed E-state index contributed by atoms with van der Waals surface area (Å²) < 4.78 is 49.2. The van der Waals surface area contributed by atoms with Gasteiger partial charge in [-0.3, -0.25) is 4.79 Å². The minimum absolute atomic E-state index is 0.122. The predicted molar refractivity (Wildman–Crippen MR) is 80.2 cm³/mol. The van der Waals surface area contributed by atoms with Gasteiger partial charge in [0.2, 0.25) is 0 Å². The van der Waals surface area contributed by atoms with Gasteiger partial charge in [0.1, 0.15) is 0 Å². The van der Waals surface area contributed by atoms with E-state index < -0.39 is 21.2 Å². The molecule has 0 aliphatic carbocycles. The Kier molecular flexibility index (Phi) is 3.48. The highest BCUT2D eigenvalue weighted by molar-refractivity contribution is 7.86. The van der Waals surface area contributed by atoms with E-state index in [0.29, 0.717) is 16.2 Å². The summed E-state index contributed by atoms with van der Waals surface area (Å²) >= 11 is 0. The van der Waals surface area contributed by atoms with Crippen molar-refractivity contribution in [1.29, 1.82) is 0 Å². The van der Waals surface area contributed by atoms with Gasteiger partial charge in [-0.1, -0.05) is 42.5 Å². The van der Waals surface area contributed by atoms with Crippen LogP contribution in [0.25, 0.3) is 21.5 Å². The molecule has 0 bridgehead atoms. The van der Waals surface area contributed by atoms with Crippen LogP contribution in [0.2, 0.25) is 0 Å². The van der Waals surface area contributed by atoms with Crippen LogP contribution in [-0.4, -0.2) is 9.72 Å². The van der Waals surface area contributed by atoms with Crippen LogP contribution in [-0.2, 0) is 10.8 Å². The quantitative estimate of drug-likeness (QED) is 0.679. The van der Waals surface area contributed by atoms with Crippen LogP contribution in [0.5, 0.6) is 0 Å². The van der Waals surface area contributed by atoms with Gasteiger partial charge in [-0.05, 0) is 22.9 Å². The van der Waals surface area contributed by atoms with Gasteiger partial charge in [0.15, 0.2) is 16.2 Å². The maximum Gasteiger partial charge on any atom is 0.475 e. The van der Waals surface area contributed by atoms with Crippen LogP contribution in [0.1, 0.15) is 0 Å². The Morgan fingerprint density at radius 3 is 2.09 bits per heavy atom. The minimum atomic E-state index is -4.85. The van der Waals surface area contributed by atoms with E-state index in [9.17, 15) is 22.2 Å². The molecule has 3 aromatic carbocycles. The molecule has 1 atom stereocenters. The molecule has 0 aliphatic rings. The third-order valence-electron chi connectivity index (χ3n) is 3.34. The van der Waals surface area contributed by atoms with E-state index in [1.54, 1.807) is 36.4 Å². The van der Waals surface area contributed by atoms with Crippen LogP contribution in [0, 0.1) is 0 Å². The van der Waals surface area contributed by atoms with Gasteiger partial charge in [0.25, 0.3) is 0 Å². The topological polar surface area (TPSA) is 34.1 Å². The number of benzene rings is 2. The first-order chi connectivity index (χ1) is 10.4. The highest BCUT2D eigenvalue weighted by Crippen LogP contribution is 2.27. The van der Waals surface area contributed by atoms with Crippen molar-refractivity contribution in [2.75, 3.05) is 0 Å².